The molecule has 0 radical (unpaired) electrons. The minimum Gasteiger partial charge on any atom is -0.493 e. The molecule has 7 atom stereocenters. The maximum absolute atomic E-state index is 13.3. The van der Waals surface area contributed by atoms with Gasteiger partial charge in [-0.25, -0.2) is 0 Å². The van der Waals surface area contributed by atoms with Gasteiger partial charge in [-0.3, -0.25) is 9.59 Å². The molecule has 198 valence electrons. The van der Waals surface area contributed by atoms with Gasteiger partial charge < -0.3 is 24.2 Å². The largest absolute Gasteiger partial charge is 0.493 e. The van der Waals surface area contributed by atoms with Crippen molar-refractivity contribution in [1.82, 2.24) is 4.90 Å². The topological polar surface area (TPSA) is 85.3 Å². The van der Waals surface area contributed by atoms with E-state index >= 15 is 0 Å². The van der Waals surface area contributed by atoms with Gasteiger partial charge in [0.05, 0.1) is 26.7 Å². The van der Waals surface area contributed by atoms with Crippen LogP contribution in [-0.2, 0) is 15.0 Å². The monoisotopic (exact) mass is 499 g/mol. The number of benzene rings is 1. The van der Waals surface area contributed by atoms with Gasteiger partial charge in [0.25, 0.3) is 0 Å². The molecule has 2 unspecified atom stereocenters. The molecule has 1 saturated heterocycles. The Morgan fingerprint density at radius 3 is 2.17 bits per heavy atom. The van der Waals surface area contributed by atoms with Crippen molar-refractivity contribution in [3.8, 4) is 17.2 Å². The first kappa shape index (κ1) is 25.2. The minimum absolute atomic E-state index is 0.105. The van der Waals surface area contributed by atoms with Crippen LogP contribution in [0.2, 0.25) is 0 Å². The molecule has 3 saturated carbocycles. The highest BCUT2D eigenvalue weighted by Gasteiger charge is 2.68. The zero-order valence-electron chi connectivity index (χ0n) is 22.6. The van der Waals surface area contributed by atoms with Gasteiger partial charge in [0.15, 0.2) is 11.5 Å². The minimum atomic E-state index is -1.02. The van der Waals surface area contributed by atoms with Crippen LogP contribution in [0, 0.1) is 28.6 Å². The van der Waals surface area contributed by atoms with E-state index in [1.807, 2.05) is 24.1 Å². The number of hydrogen-bond acceptors (Lipinski definition) is 5. The van der Waals surface area contributed by atoms with Gasteiger partial charge in [-0.1, -0.05) is 13.8 Å². The summed E-state index contributed by atoms with van der Waals surface area (Å²) in [5.41, 5.74) is -0.555. The Hall–Kier alpha value is -2.44. The number of methoxy groups -OCH3 is 3. The second-order valence-electron chi connectivity index (χ2n) is 12.1. The van der Waals surface area contributed by atoms with Crippen molar-refractivity contribution in [2.45, 2.75) is 76.7 Å². The lowest BCUT2D eigenvalue weighted by atomic mass is 9.44. The normalized spacial score (nSPS) is 39.6. The van der Waals surface area contributed by atoms with Crippen LogP contribution in [-0.4, -0.2) is 56.3 Å². The summed E-state index contributed by atoms with van der Waals surface area (Å²) in [5.74, 6) is 2.31. The molecule has 7 heteroatoms. The summed E-state index contributed by atoms with van der Waals surface area (Å²) in [5, 5.41) is 10.9. The zero-order valence-corrected chi connectivity index (χ0v) is 22.6. The van der Waals surface area contributed by atoms with E-state index in [1.165, 1.54) is 0 Å². The maximum Gasteiger partial charge on any atom is 0.314 e. The Morgan fingerprint density at radius 1 is 0.944 bits per heavy atom. The number of carboxylic acids is 1. The zero-order chi connectivity index (χ0) is 26.0. The van der Waals surface area contributed by atoms with Crippen molar-refractivity contribution in [1.29, 1.82) is 0 Å². The molecule has 0 bridgehead atoms. The van der Waals surface area contributed by atoms with Crippen molar-refractivity contribution >= 4 is 11.9 Å². The predicted molar refractivity (Wildman–Crippen MR) is 136 cm³/mol. The second kappa shape index (κ2) is 8.56. The molecule has 1 N–H and O–H groups in total. The highest BCUT2D eigenvalue weighted by Crippen LogP contribution is 2.70. The summed E-state index contributed by atoms with van der Waals surface area (Å²) in [7, 11) is 6.69. The van der Waals surface area contributed by atoms with E-state index in [-0.39, 0.29) is 16.7 Å². The lowest BCUT2D eigenvalue weighted by Crippen LogP contribution is -2.62. The third-order valence-electron chi connectivity index (χ3n) is 11.3. The van der Waals surface area contributed by atoms with Crippen molar-refractivity contribution < 1.29 is 28.9 Å². The second-order valence-corrected chi connectivity index (χ2v) is 12.1. The SMILES string of the molecule is COc1cc(C2(C(=O)O)CC[C@H]3[C@@H]4CCC5N(C)C(=O)CC[C@]5(C)[C@@H]4CC[C@@]32C)cc(OC)c1OC. The smallest absolute Gasteiger partial charge is 0.314 e. The Balaban J connectivity index is 1.57. The standard InChI is InChI=1S/C29H41NO6/c1-27-12-11-24(31)30(3)23(27)8-7-18-19(27)9-13-28(2)20(18)10-14-29(28,26(32)33)17-15-21(34-4)25(36-6)22(16-17)35-5/h15-16,18-20,23H,7-14H2,1-6H3,(H,32,33)/t18-,19-,20+,23?,27-,28+,29?/m1/s1. The van der Waals surface area contributed by atoms with Crippen LogP contribution >= 0.6 is 0 Å². The third-order valence-corrected chi connectivity index (χ3v) is 11.3. The van der Waals surface area contributed by atoms with Crippen LogP contribution in [0.5, 0.6) is 17.2 Å². The maximum atomic E-state index is 13.3. The van der Waals surface area contributed by atoms with Gasteiger partial charge in [0, 0.05) is 19.5 Å². The molecular formula is C29H41NO6. The molecule has 0 aromatic heterocycles. The van der Waals surface area contributed by atoms with Crippen LogP contribution in [0.25, 0.3) is 0 Å². The molecule has 4 aliphatic rings. The van der Waals surface area contributed by atoms with Gasteiger partial charge >= 0.3 is 5.97 Å². The van der Waals surface area contributed by atoms with Crippen LogP contribution in [0.15, 0.2) is 12.1 Å². The van der Waals surface area contributed by atoms with Gasteiger partial charge in [0.1, 0.15) is 0 Å². The molecule has 7 nitrogen and oxygen atoms in total. The molecule has 3 aliphatic carbocycles. The molecule has 1 aromatic rings. The molecule has 4 fully saturated rings. The predicted octanol–water partition coefficient (Wildman–Crippen LogP) is 4.90. The summed E-state index contributed by atoms with van der Waals surface area (Å²) >= 11 is 0. The first-order valence-corrected chi connectivity index (χ1v) is 13.4. The Morgan fingerprint density at radius 2 is 1.58 bits per heavy atom. The third kappa shape index (κ3) is 3.10. The molecule has 5 rings (SSSR count). The number of carboxylic acid groups (broad SMARTS) is 1. The van der Waals surface area contributed by atoms with Gasteiger partial charge in [0.2, 0.25) is 11.7 Å². The van der Waals surface area contributed by atoms with Gasteiger partial charge in [-0.15, -0.1) is 0 Å². The van der Waals surface area contributed by atoms with Crippen LogP contribution in [0.4, 0.5) is 0 Å². The van der Waals surface area contributed by atoms with Gasteiger partial charge in [-0.2, -0.15) is 0 Å². The number of carbonyl (C=O) groups excluding carboxylic acids is 1. The summed E-state index contributed by atoms with van der Waals surface area (Å²) in [4.78, 5) is 27.8. The van der Waals surface area contributed by atoms with Crippen molar-refractivity contribution in [3.63, 3.8) is 0 Å². The number of rotatable bonds is 5. The molecule has 36 heavy (non-hydrogen) atoms. The van der Waals surface area contributed by atoms with Crippen LogP contribution < -0.4 is 14.2 Å². The van der Waals surface area contributed by atoms with Crippen LogP contribution in [0.1, 0.15) is 70.8 Å². The average molecular weight is 500 g/mol. The Labute approximate surface area is 214 Å². The lowest BCUT2D eigenvalue weighted by molar-refractivity contribution is -0.165. The highest BCUT2D eigenvalue weighted by molar-refractivity contribution is 5.84. The van der Waals surface area contributed by atoms with Crippen molar-refractivity contribution in [2.75, 3.05) is 28.4 Å². The van der Waals surface area contributed by atoms with E-state index in [4.69, 9.17) is 14.2 Å². The quantitative estimate of drug-likeness (QED) is 0.620. The van der Waals surface area contributed by atoms with Crippen molar-refractivity contribution in [3.05, 3.63) is 17.7 Å². The van der Waals surface area contributed by atoms with E-state index in [2.05, 4.69) is 13.8 Å². The van der Waals surface area contributed by atoms with E-state index in [0.29, 0.717) is 53.9 Å². The number of likely N-dealkylation sites (tertiary alicyclic amines) is 1. The van der Waals surface area contributed by atoms with Crippen molar-refractivity contribution in [2.24, 2.45) is 28.6 Å². The number of hydrogen-bond donors (Lipinski definition) is 1. The summed E-state index contributed by atoms with van der Waals surface area (Å²) < 4.78 is 16.8. The van der Waals surface area contributed by atoms with E-state index in [9.17, 15) is 14.7 Å². The summed E-state index contributed by atoms with van der Waals surface area (Å²) in [6, 6.07) is 4.01. The lowest BCUT2D eigenvalue weighted by Gasteiger charge is -2.62. The molecule has 0 spiro atoms. The van der Waals surface area contributed by atoms with E-state index in [1.54, 1.807) is 21.3 Å². The number of fused-ring (bicyclic) bond motifs is 5. The number of carbonyl (C=O) groups is 2. The number of piperidine rings is 1. The molecule has 1 amide bonds. The highest BCUT2D eigenvalue weighted by atomic mass is 16.5. The first-order chi connectivity index (χ1) is 17.1. The molecule has 1 heterocycles. The summed E-state index contributed by atoms with van der Waals surface area (Å²) in [6.07, 6.45) is 7.01. The fourth-order valence-electron chi connectivity index (χ4n) is 9.47. The van der Waals surface area contributed by atoms with E-state index < -0.39 is 11.4 Å². The number of ether oxygens (including phenoxy) is 3. The number of amides is 1. The Bertz CT molecular complexity index is 1050. The van der Waals surface area contributed by atoms with Crippen LogP contribution in [0.3, 0.4) is 0 Å². The summed E-state index contributed by atoms with van der Waals surface area (Å²) in [6.45, 7) is 4.63. The molecule has 1 aliphatic heterocycles. The Kier molecular flexibility index (Phi) is 6.00. The van der Waals surface area contributed by atoms with Gasteiger partial charge in [-0.05, 0) is 91.2 Å². The number of aliphatic carboxylic acids is 1. The molecular weight excluding hydrogens is 458 g/mol. The first-order valence-electron chi connectivity index (χ1n) is 13.4. The number of nitrogens with zero attached hydrogens (tertiary/aromatic N) is 1. The van der Waals surface area contributed by atoms with E-state index in [0.717, 1.165) is 44.1 Å². The molecule has 1 aromatic carbocycles. The average Bonchev–Trinajstić information content (AvgIpc) is 3.19. The fraction of sp³-hybridized carbons (Fsp3) is 0.724. The fourth-order valence-corrected chi connectivity index (χ4v) is 9.47.